The number of carbonyl (C=O) groups excluding carboxylic acids is 1. The second-order valence-corrected chi connectivity index (χ2v) is 10.6. The molecule has 0 bridgehead atoms. The summed E-state index contributed by atoms with van der Waals surface area (Å²) in [5.74, 6) is 0.766. The number of aromatic nitrogens is 1. The van der Waals surface area contributed by atoms with Crippen LogP contribution in [0.1, 0.15) is 30.2 Å². The SMILES string of the molecule is COc1ccc(N2C(=O)N(Cc3ncc(C)cc3C)C3=CC=CCC3(C)S2(=O)=O)cc1OC. The fourth-order valence-corrected chi connectivity index (χ4v) is 6.12. The molecule has 4 rings (SSSR count). The van der Waals surface area contributed by atoms with Crippen LogP contribution in [0.3, 0.4) is 0 Å². The van der Waals surface area contributed by atoms with Gasteiger partial charge in [-0.3, -0.25) is 9.88 Å². The summed E-state index contributed by atoms with van der Waals surface area (Å²) in [6.45, 7) is 5.69. The highest BCUT2D eigenvalue weighted by Gasteiger charge is 2.56. The summed E-state index contributed by atoms with van der Waals surface area (Å²) < 4.78 is 37.9. The third-order valence-electron chi connectivity index (χ3n) is 6.18. The molecule has 2 aromatic rings. The summed E-state index contributed by atoms with van der Waals surface area (Å²) in [6, 6.07) is 5.96. The zero-order valence-electron chi connectivity index (χ0n) is 19.3. The van der Waals surface area contributed by atoms with Gasteiger partial charge < -0.3 is 9.47 Å². The lowest BCUT2D eigenvalue weighted by atomic mass is 9.96. The van der Waals surface area contributed by atoms with Crippen molar-refractivity contribution >= 4 is 21.7 Å². The van der Waals surface area contributed by atoms with Gasteiger partial charge in [0.25, 0.3) is 10.0 Å². The summed E-state index contributed by atoms with van der Waals surface area (Å²) >= 11 is 0. The molecular weight excluding hydrogens is 442 g/mol. The first-order valence-corrected chi connectivity index (χ1v) is 12.0. The molecular formula is C24H27N3O5S. The molecule has 0 N–H and O–H groups in total. The van der Waals surface area contributed by atoms with Crippen molar-refractivity contribution in [2.45, 2.75) is 38.5 Å². The third kappa shape index (κ3) is 3.56. The van der Waals surface area contributed by atoms with Crippen LogP contribution in [-0.4, -0.2) is 43.3 Å². The van der Waals surface area contributed by atoms with Gasteiger partial charge in [0.05, 0.1) is 32.1 Å². The Morgan fingerprint density at radius 1 is 1.12 bits per heavy atom. The number of sulfonamides is 1. The Morgan fingerprint density at radius 3 is 2.52 bits per heavy atom. The monoisotopic (exact) mass is 469 g/mol. The Hall–Kier alpha value is -3.33. The van der Waals surface area contributed by atoms with Gasteiger partial charge in [0.1, 0.15) is 4.75 Å². The fraction of sp³-hybridized carbons (Fsp3) is 0.333. The number of hydrogen-bond donors (Lipinski definition) is 0. The van der Waals surface area contributed by atoms with E-state index < -0.39 is 20.8 Å². The van der Waals surface area contributed by atoms with Gasteiger partial charge in [0.15, 0.2) is 11.5 Å². The van der Waals surface area contributed by atoms with E-state index >= 15 is 0 Å². The van der Waals surface area contributed by atoms with E-state index in [2.05, 4.69) is 4.98 Å². The molecule has 1 aromatic carbocycles. The van der Waals surface area contributed by atoms with E-state index in [1.54, 1.807) is 43.5 Å². The topological polar surface area (TPSA) is 89.0 Å². The molecule has 1 unspecified atom stereocenters. The van der Waals surface area contributed by atoms with Gasteiger partial charge in [-0.1, -0.05) is 18.2 Å². The first-order valence-electron chi connectivity index (χ1n) is 10.5. The van der Waals surface area contributed by atoms with Crippen molar-refractivity contribution in [1.82, 2.24) is 9.88 Å². The third-order valence-corrected chi connectivity index (χ3v) is 8.54. The van der Waals surface area contributed by atoms with Crippen molar-refractivity contribution in [3.05, 3.63) is 71.2 Å². The van der Waals surface area contributed by atoms with Crippen molar-refractivity contribution < 1.29 is 22.7 Å². The number of pyridine rings is 1. The molecule has 1 fully saturated rings. The molecule has 1 aromatic heterocycles. The molecule has 1 aliphatic heterocycles. The average molecular weight is 470 g/mol. The standard InChI is InChI=1S/C24H27N3O5S/c1-16-12-17(2)19(25-14-16)15-26-22-8-6-7-11-24(22,3)33(29,30)27(23(26)28)18-9-10-20(31-4)21(13-18)32-5/h6-10,12-14H,11,15H2,1-5H3. The Labute approximate surface area is 194 Å². The van der Waals surface area contributed by atoms with E-state index in [1.807, 2.05) is 19.9 Å². The van der Waals surface area contributed by atoms with E-state index in [4.69, 9.17) is 9.47 Å². The van der Waals surface area contributed by atoms with Gasteiger partial charge in [-0.15, -0.1) is 0 Å². The number of urea groups is 1. The summed E-state index contributed by atoms with van der Waals surface area (Å²) in [7, 11) is -1.16. The van der Waals surface area contributed by atoms with Crippen LogP contribution in [0.4, 0.5) is 10.5 Å². The lowest BCUT2D eigenvalue weighted by molar-refractivity contribution is 0.210. The van der Waals surface area contributed by atoms with Crippen LogP contribution in [0.2, 0.25) is 0 Å². The number of allylic oxidation sites excluding steroid dienone is 3. The molecule has 2 aliphatic rings. The lowest BCUT2D eigenvalue weighted by Gasteiger charge is -2.47. The van der Waals surface area contributed by atoms with E-state index in [1.165, 1.54) is 25.2 Å². The van der Waals surface area contributed by atoms with Gasteiger partial charge in [-0.05, 0) is 56.5 Å². The largest absolute Gasteiger partial charge is 0.493 e. The normalized spacial score (nSPS) is 21.5. The Bertz CT molecular complexity index is 1290. The molecule has 0 radical (unpaired) electrons. The Balaban J connectivity index is 1.87. The number of hydrogen-bond acceptors (Lipinski definition) is 6. The highest BCUT2D eigenvalue weighted by atomic mass is 32.2. The smallest absolute Gasteiger partial charge is 0.343 e. The summed E-state index contributed by atoms with van der Waals surface area (Å²) in [4.78, 5) is 19.8. The number of methoxy groups -OCH3 is 2. The quantitative estimate of drug-likeness (QED) is 0.655. The van der Waals surface area contributed by atoms with Gasteiger partial charge in [-0.25, -0.2) is 13.2 Å². The molecule has 2 amide bonds. The predicted molar refractivity (Wildman–Crippen MR) is 126 cm³/mol. The minimum atomic E-state index is -4.11. The predicted octanol–water partition coefficient (Wildman–Crippen LogP) is 4.09. The van der Waals surface area contributed by atoms with Crippen LogP contribution < -0.4 is 13.8 Å². The fourth-order valence-electron chi connectivity index (χ4n) is 4.28. The zero-order chi connectivity index (χ0) is 24.0. The second kappa shape index (κ2) is 8.22. The molecule has 1 aliphatic carbocycles. The first kappa shape index (κ1) is 22.8. The summed E-state index contributed by atoms with van der Waals surface area (Å²) in [5.41, 5.74) is 3.28. The summed E-state index contributed by atoms with van der Waals surface area (Å²) in [6.07, 6.45) is 7.28. The molecule has 33 heavy (non-hydrogen) atoms. The number of fused-ring (bicyclic) bond motifs is 1. The van der Waals surface area contributed by atoms with Gasteiger partial charge in [0, 0.05) is 18.0 Å². The van der Waals surface area contributed by atoms with Crippen molar-refractivity contribution in [3.8, 4) is 11.5 Å². The van der Waals surface area contributed by atoms with Gasteiger partial charge in [0.2, 0.25) is 0 Å². The number of aryl methyl sites for hydroxylation is 2. The Morgan fingerprint density at radius 2 is 1.85 bits per heavy atom. The van der Waals surface area contributed by atoms with Crippen molar-refractivity contribution in [1.29, 1.82) is 0 Å². The number of nitrogens with zero attached hydrogens (tertiary/aromatic N) is 3. The number of anilines is 1. The van der Waals surface area contributed by atoms with Crippen molar-refractivity contribution in [2.75, 3.05) is 18.5 Å². The molecule has 1 saturated heterocycles. The van der Waals surface area contributed by atoms with Crippen LogP contribution in [0.5, 0.6) is 11.5 Å². The van der Waals surface area contributed by atoms with E-state index in [0.717, 1.165) is 15.4 Å². The van der Waals surface area contributed by atoms with E-state index in [0.29, 0.717) is 22.9 Å². The first-order chi connectivity index (χ1) is 15.6. The second-order valence-electron chi connectivity index (χ2n) is 8.37. The maximum absolute atomic E-state index is 13.9. The minimum absolute atomic E-state index is 0.152. The van der Waals surface area contributed by atoms with Crippen LogP contribution in [-0.2, 0) is 16.6 Å². The van der Waals surface area contributed by atoms with Crippen molar-refractivity contribution in [3.63, 3.8) is 0 Å². The molecule has 0 spiro atoms. The highest BCUT2D eigenvalue weighted by molar-refractivity contribution is 7.95. The average Bonchev–Trinajstić information content (AvgIpc) is 2.78. The minimum Gasteiger partial charge on any atom is -0.493 e. The highest BCUT2D eigenvalue weighted by Crippen LogP contribution is 2.45. The van der Waals surface area contributed by atoms with Gasteiger partial charge >= 0.3 is 6.03 Å². The molecule has 9 heteroatoms. The molecule has 174 valence electrons. The van der Waals surface area contributed by atoms with Crippen molar-refractivity contribution in [2.24, 2.45) is 0 Å². The Kier molecular flexibility index (Phi) is 5.69. The molecule has 0 saturated carbocycles. The zero-order valence-corrected chi connectivity index (χ0v) is 20.1. The maximum Gasteiger partial charge on any atom is 0.343 e. The van der Waals surface area contributed by atoms with Crippen LogP contribution >= 0.6 is 0 Å². The van der Waals surface area contributed by atoms with Crippen LogP contribution in [0.25, 0.3) is 0 Å². The number of carbonyl (C=O) groups is 1. The summed E-state index contributed by atoms with van der Waals surface area (Å²) in [5, 5.41) is 0. The van der Waals surface area contributed by atoms with Crippen LogP contribution in [0.15, 0.2) is 54.4 Å². The van der Waals surface area contributed by atoms with Crippen LogP contribution in [0, 0.1) is 13.8 Å². The molecule has 1 atom stereocenters. The lowest BCUT2D eigenvalue weighted by Crippen LogP contribution is -2.62. The van der Waals surface area contributed by atoms with Gasteiger partial charge in [-0.2, -0.15) is 4.31 Å². The number of benzene rings is 1. The van der Waals surface area contributed by atoms with E-state index in [9.17, 15) is 13.2 Å². The molecule has 2 heterocycles. The molecule has 8 nitrogen and oxygen atoms in total. The number of ether oxygens (including phenoxy) is 2. The van der Waals surface area contributed by atoms with E-state index in [-0.39, 0.29) is 18.7 Å². The number of amides is 2. The maximum atomic E-state index is 13.9. The number of rotatable bonds is 5.